The van der Waals surface area contributed by atoms with Gasteiger partial charge in [-0.2, -0.15) is 0 Å². The van der Waals surface area contributed by atoms with E-state index in [1.807, 2.05) is 24.3 Å². The first-order valence-corrected chi connectivity index (χ1v) is 7.75. The number of nitrogens with one attached hydrogen (secondary N) is 1. The highest BCUT2D eigenvalue weighted by Gasteiger charge is 2.14. The Labute approximate surface area is 123 Å². The Morgan fingerprint density at radius 1 is 1.14 bits per heavy atom. The number of sulfonamides is 1. The summed E-state index contributed by atoms with van der Waals surface area (Å²) >= 11 is 0. The van der Waals surface area contributed by atoms with Crippen molar-refractivity contribution in [1.29, 1.82) is 0 Å². The van der Waals surface area contributed by atoms with E-state index in [4.69, 9.17) is 15.6 Å². The van der Waals surface area contributed by atoms with Crippen molar-refractivity contribution in [3.8, 4) is 5.75 Å². The summed E-state index contributed by atoms with van der Waals surface area (Å²) in [5.74, 6) is 0.742. The molecule has 0 aliphatic rings. The minimum absolute atomic E-state index is 0.0903. The molecule has 0 atom stereocenters. The Morgan fingerprint density at radius 2 is 1.86 bits per heavy atom. The van der Waals surface area contributed by atoms with Crippen LogP contribution in [0.2, 0.25) is 0 Å². The van der Waals surface area contributed by atoms with Crippen molar-refractivity contribution in [2.45, 2.75) is 11.4 Å². The van der Waals surface area contributed by atoms with E-state index in [0.29, 0.717) is 12.2 Å². The molecule has 112 valence electrons. The first kappa shape index (κ1) is 15.1. The van der Waals surface area contributed by atoms with Crippen LogP contribution < -0.4 is 20.9 Å². The number of methoxy groups -OCH3 is 1. The Morgan fingerprint density at radius 3 is 2.52 bits per heavy atom. The molecule has 0 saturated carbocycles. The number of benzene rings is 2. The van der Waals surface area contributed by atoms with E-state index in [1.165, 1.54) is 6.07 Å². The van der Waals surface area contributed by atoms with Crippen molar-refractivity contribution < 1.29 is 13.2 Å². The molecule has 0 aliphatic carbocycles. The molecule has 2 aromatic rings. The van der Waals surface area contributed by atoms with Crippen LogP contribution in [0.3, 0.4) is 0 Å². The van der Waals surface area contributed by atoms with Crippen LogP contribution in [-0.4, -0.2) is 15.5 Å². The number of rotatable bonds is 5. The molecule has 0 amide bonds. The third kappa shape index (κ3) is 3.45. The fraction of sp³-hybridized carbons (Fsp3) is 0.143. The van der Waals surface area contributed by atoms with Gasteiger partial charge in [-0.3, -0.25) is 0 Å². The fourth-order valence-electron chi connectivity index (χ4n) is 1.99. The SMILES string of the molecule is COc1ccccc1CNc1cccc(S(N)(=O)=O)c1N. The molecular formula is C14H17N3O3S. The number of primary sulfonamides is 1. The summed E-state index contributed by atoms with van der Waals surface area (Å²) in [7, 11) is -2.25. The second kappa shape index (κ2) is 6.02. The fourth-order valence-corrected chi connectivity index (χ4v) is 2.67. The maximum absolute atomic E-state index is 11.4. The van der Waals surface area contributed by atoms with E-state index in [1.54, 1.807) is 19.2 Å². The quantitative estimate of drug-likeness (QED) is 0.726. The van der Waals surface area contributed by atoms with Crippen molar-refractivity contribution in [3.05, 3.63) is 48.0 Å². The normalized spacial score (nSPS) is 11.1. The molecule has 5 N–H and O–H groups in total. The average Bonchev–Trinajstić information content (AvgIpc) is 2.45. The number of hydrogen-bond donors (Lipinski definition) is 3. The third-order valence-corrected chi connectivity index (χ3v) is 4.00. The predicted molar refractivity (Wildman–Crippen MR) is 82.5 cm³/mol. The molecule has 0 heterocycles. The zero-order valence-corrected chi connectivity index (χ0v) is 12.4. The summed E-state index contributed by atoms with van der Waals surface area (Å²) in [6.45, 7) is 0.447. The van der Waals surface area contributed by atoms with Crippen molar-refractivity contribution in [3.63, 3.8) is 0 Å². The van der Waals surface area contributed by atoms with E-state index >= 15 is 0 Å². The van der Waals surface area contributed by atoms with E-state index < -0.39 is 10.0 Å². The molecular weight excluding hydrogens is 290 g/mol. The van der Waals surface area contributed by atoms with Crippen LogP contribution in [0.4, 0.5) is 11.4 Å². The summed E-state index contributed by atoms with van der Waals surface area (Å²) in [5, 5.41) is 8.22. The van der Waals surface area contributed by atoms with E-state index in [0.717, 1.165) is 11.3 Å². The topological polar surface area (TPSA) is 107 Å². The molecule has 0 aliphatic heterocycles. The Kier molecular flexibility index (Phi) is 4.35. The molecule has 0 radical (unpaired) electrons. The molecule has 21 heavy (non-hydrogen) atoms. The third-order valence-electron chi connectivity index (χ3n) is 3.03. The lowest BCUT2D eigenvalue weighted by Gasteiger charge is -2.13. The Bertz CT molecular complexity index is 745. The summed E-state index contributed by atoms with van der Waals surface area (Å²) in [6, 6.07) is 12.2. The molecule has 0 spiro atoms. The Balaban J connectivity index is 2.25. The lowest BCUT2D eigenvalue weighted by molar-refractivity contribution is 0.410. The highest BCUT2D eigenvalue weighted by Crippen LogP contribution is 2.27. The molecule has 2 rings (SSSR count). The van der Waals surface area contributed by atoms with Crippen LogP contribution >= 0.6 is 0 Å². The van der Waals surface area contributed by atoms with E-state index in [9.17, 15) is 8.42 Å². The second-order valence-corrected chi connectivity index (χ2v) is 5.96. The van der Waals surface area contributed by atoms with E-state index in [2.05, 4.69) is 5.32 Å². The number of anilines is 2. The monoisotopic (exact) mass is 307 g/mol. The zero-order chi connectivity index (χ0) is 15.5. The van der Waals surface area contributed by atoms with Crippen LogP contribution in [-0.2, 0) is 16.6 Å². The van der Waals surface area contributed by atoms with Crippen LogP contribution in [0.25, 0.3) is 0 Å². The smallest absolute Gasteiger partial charge is 0.240 e. The number of nitrogens with two attached hydrogens (primary N) is 2. The molecule has 2 aromatic carbocycles. The van der Waals surface area contributed by atoms with Gasteiger partial charge in [-0.25, -0.2) is 13.6 Å². The average molecular weight is 307 g/mol. The van der Waals surface area contributed by atoms with Crippen LogP contribution in [0.15, 0.2) is 47.4 Å². The lowest BCUT2D eigenvalue weighted by atomic mass is 10.2. The van der Waals surface area contributed by atoms with Gasteiger partial charge in [0.15, 0.2) is 0 Å². The minimum Gasteiger partial charge on any atom is -0.496 e. The molecule has 0 unspecified atom stereocenters. The molecule has 0 aromatic heterocycles. The van der Waals surface area contributed by atoms with Crippen LogP contribution in [0, 0.1) is 0 Å². The van der Waals surface area contributed by atoms with Gasteiger partial charge in [0.2, 0.25) is 10.0 Å². The van der Waals surface area contributed by atoms with Gasteiger partial charge >= 0.3 is 0 Å². The highest BCUT2D eigenvalue weighted by molar-refractivity contribution is 7.89. The van der Waals surface area contributed by atoms with Gasteiger partial charge in [0, 0.05) is 12.1 Å². The van der Waals surface area contributed by atoms with Crippen molar-refractivity contribution in [2.24, 2.45) is 5.14 Å². The standard InChI is InChI=1S/C14H17N3O3S/c1-20-12-7-3-2-5-10(12)9-17-11-6-4-8-13(14(11)15)21(16,18)19/h2-8,17H,9,15H2,1H3,(H2,16,18,19). The summed E-state index contributed by atoms with van der Waals surface area (Å²) < 4.78 is 28.1. The Hall–Kier alpha value is -2.25. The summed E-state index contributed by atoms with van der Waals surface area (Å²) in [4.78, 5) is -0.0903. The number of para-hydroxylation sites is 2. The second-order valence-electron chi connectivity index (χ2n) is 4.43. The van der Waals surface area contributed by atoms with Gasteiger partial charge in [-0.15, -0.1) is 0 Å². The predicted octanol–water partition coefficient (Wildman–Crippen LogP) is 1.54. The molecule has 7 heteroatoms. The number of hydrogen-bond acceptors (Lipinski definition) is 5. The van der Waals surface area contributed by atoms with Gasteiger partial charge in [0.25, 0.3) is 0 Å². The van der Waals surface area contributed by atoms with Gasteiger partial charge in [0.1, 0.15) is 10.6 Å². The number of nitrogen functional groups attached to an aromatic ring is 1. The summed E-state index contributed by atoms with van der Waals surface area (Å²) in [5.41, 5.74) is 7.40. The van der Waals surface area contributed by atoms with Crippen LogP contribution in [0.1, 0.15) is 5.56 Å². The van der Waals surface area contributed by atoms with Crippen molar-refractivity contribution in [1.82, 2.24) is 0 Å². The maximum atomic E-state index is 11.4. The van der Waals surface area contributed by atoms with Crippen molar-refractivity contribution >= 4 is 21.4 Å². The minimum atomic E-state index is -3.84. The van der Waals surface area contributed by atoms with Crippen molar-refractivity contribution in [2.75, 3.05) is 18.2 Å². The van der Waals surface area contributed by atoms with Gasteiger partial charge in [0.05, 0.1) is 18.5 Å². The maximum Gasteiger partial charge on any atom is 0.240 e. The number of ether oxygens (including phenoxy) is 1. The largest absolute Gasteiger partial charge is 0.496 e. The van der Waals surface area contributed by atoms with Gasteiger partial charge in [-0.1, -0.05) is 24.3 Å². The summed E-state index contributed by atoms with van der Waals surface area (Å²) in [6.07, 6.45) is 0. The zero-order valence-electron chi connectivity index (χ0n) is 11.5. The first-order chi connectivity index (χ1) is 9.93. The van der Waals surface area contributed by atoms with E-state index in [-0.39, 0.29) is 10.6 Å². The van der Waals surface area contributed by atoms with Gasteiger partial charge < -0.3 is 15.8 Å². The highest BCUT2D eigenvalue weighted by atomic mass is 32.2. The molecule has 0 fully saturated rings. The molecule has 6 nitrogen and oxygen atoms in total. The lowest BCUT2D eigenvalue weighted by Crippen LogP contribution is -2.15. The first-order valence-electron chi connectivity index (χ1n) is 6.20. The molecule has 0 saturated heterocycles. The van der Waals surface area contributed by atoms with Crippen LogP contribution in [0.5, 0.6) is 5.75 Å². The van der Waals surface area contributed by atoms with Gasteiger partial charge in [-0.05, 0) is 18.2 Å². The molecule has 0 bridgehead atoms.